The Morgan fingerprint density at radius 2 is 1.78 bits per heavy atom. The fraction of sp³-hybridized carbons (Fsp3) is 0.346. The molecule has 1 saturated heterocycles. The van der Waals surface area contributed by atoms with Gasteiger partial charge in [0.25, 0.3) is 0 Å². The number of carbonyl (C=O) groups excluding carboxylic acids is 2. The summed E-state index contributed by atoms with van der Waals surface area (Å²) in [5, 5.41) is 0. The second-order valence-electron chi connectivity index (χ2n) is 8.43. The minimum atomic E-state index is -4.83. The molecule has 0 bridgehead atoms. The first-order chi connectivity index (χ1) is 17.2. The first-order valence-electron chi connectivity index (χ1n) is 11.5. The van der Waals surface area contributed by atoms with Crippen LogP contribution in [0, 0.1) is 0 Å². The number of rotatable bonds is 8. The number of hydrogen-bond acceptors (Lipinski definition) is 6. The van der Waals surface area contributed by atoms with Crippen LogP contribution in [0.3, 0.4) is 0 Å². The van der Waals surface area contributed by atoms with E-state index in [0.717, 1.165) is 0 Å². The minimum Gasteiger partial charge on any atom is -0.493 e. The third-order valence-corrected chi connectivity index (χ3v) is 6.07. The van der Waals surface area contributed by atoms with Crippen LogP contribution in [0.25, 0.3) is 11.3 Å². The molecule has 36 heavy (non-hydrogen) atoms. The lowest BCUT2D eigenvalue weighted by Gasteiger charge is -2.30. The standard InChI is InChI=1S/C26H25F3N2O5/c1-34-23-15-19(7-9-22(23)36-26(27,28)29)20-16-35-25(30-20)18-11-13-31(14-12-18)24(33)10-8-21(32)17-5-3-2-4-6-17/h2-7,9,15-16,18H,8,10-14H2,1H3. The van der Waals surface area contributed by atoms with Crippen molar-refractivity contribution in [2.24, 2.45) is 0 Å². The zero-order valence-corrected chi connectivity index (χ0v) is 19.6. The summed E-state index contributed by atoms with van der Waals surface area (Å²) in [5.41, 5.74) is 1.58. The maximum Gasteiger partial charge on any atom is 0.573 e. The first-order valence-corrected chi connectivity index (χ1v) is 11.5. The summed E-state index contributed by atoms with van der Waals surface area (Å²) in [5.74, 6) is -0.124. The number of halogens is 3. The molecule has 1 fully saturated rings. The Bertz CT molecular complexity index is 1200. The van der Waals surface area contributed by atoms with Crippen LogP contribution in [0.15, 0.2) is 59.2 Å². The smallest absolute Gasteiger partial charge is 0.493 e. The minimum absolute atomic E-state index is 0.00322. The van der Waals surface area contributed by atoms with Crippen LogP contribution in [0.5, 0.6) is 11.5 Å². The van der Waals surface area contributed by atoms with Crippen LogP contribution in [-0.4, -0.2) is 48.1 Å². The van der Waals surface area contributed by atoms with Gasteiger partial charge in [0.15, 0.2) is 23.2 Å². The van der Waals surface area contributed by atoms with Crippen molar-refractivity contribution >= 4 is 11.7 Å². The van der Waals surface area contributed by atoms with Gasteiger partial charge in [0, 0.05) is 43.0 Å². The molecule has 190 valence electrons. The SMILES string of the molecule is COc1cc(-c2coc(C3CCN(C(=O)CCC(=O)c4ccccc4)CC3)n2)ccc1OC(F)(F)F. The molecule has 0 spiro atoms. The van der Waals surface area contributed by atoms with Gasteiger partial charge in [-0.05, 0) is 31.0 Å². The number of carbonyl (C=O) groups is 2. The average Bonchev–Trinajstić information content (AvgIpc) is 3.37. The van der Waals surface area contributed by atoms with E-state index in [9.17, 15) is 22.8 Å². The summed E-state index contributed by atoms with van der Waals surface area (Å²) in [7, 11) is 1.25. The number of aromatic nitrogens is 1. The summed E-state index contributed by atoms with van der Waals surface area (Å²) >= 11 is 0. The Hall–Kier alpha value is -3.82. The highest BCUT2D eigenvalue weighted by molar-refractivity contribution is 5.97. The van der Waals surface area contributed by atoms with Gasteiger partial charge in [-0.2, -0.15) is 0 Å². The van der Waals surface area contributed by atoms with Crippen molar-refractivity contribution in [3.8, 4) is 22.8 Å². The summed E-state index contributed by atoms with van der Waals surface area (Å²) in [6, 6.07) is 12.9. The van der Waals surface area contributed by atoms with E-state index in [4.69, 9.17) is 9.15 Å². The van der Waals surface area contributed by atoms with E-state index in [-0.39, 0.29) is 36.2 Å². The van der Waals surface area contributed by atoms with Crippen LogP contribution in [0.2, 0.25) is 0 Å². The number of methoxy groups -OCH3 is 1. The van der Waals surface area contributed by atoms with E-state index in [1.807, 2.05) is 6.07 Å². The van der Waals surface area contributed by atoms with Gasteiger partial charge in [-0.1, -0.05) is 30.3 Å². The molecule has 0 aliphatic carbocycles. The van der Waals surface area contributed by atoms with Crippen LogP contribution >= 0.6 is 0 Å². The predicted octanol–water partition coefficient (Wildman–Crippen LogP) is 5.62. The largest absolute Gasteiger partial charge is 0.573 e. The van der Waals surface area contributed by atoms with Crippen LogP contribution in [0.4, 0.5) is 13.2 Å². The topological polar surface area (TPSA) is 81.9 Å². The number of benzene rings is 2. The number of likely N-dealkylation sites (tertiary alicyclic amines) is 1. The number of nitrogens with zero attached hydrogens (tertiary/aromatic N) is 2. The Labute approximate surface area is 205 Å². The first kappa shape index (κ1) is 25.3. The monoisotopic (exact) mass is 502 g/mol. The molecule has 0 radical (unpaired) electrons. The normalized spacial score (nSPS) is 14.5. The van der Waals surface area contributed by atoms with E-state index in [0.29, 0.717) is 48.6 Å². The van der Waals surface area contributed by atoms with Gasteiger partial charge in [-0.3, -0.25) is 9.59 Å². The molecule has 0 N–H and O–H groups in total. The van der Waals surface area contributed by atoms with Gasteiger partial charge in [-0.25, -0.2) is 4.98 Å². The van der Waals surface area contributed by atoms with E-state index in [1.165, 1.54) is 31.6 Å². The molecule has 1 aliphatic heterocycles. The summed E-state index contributed by atoms with van der Waals surface area (Å²) in [6.45, 7) is 1.05. The predicted molar refractivity (Wildman–Crippen MR) is 124 cm³/mol. The lowest BCUT2D eigenvalue weighted by molar-refractivity contribution is -0.275. The third kappa shape index (κ3) is 6.24. The lowest BCUT2D eigenvalue weighted by atomic mass is 9.96. The zero-order valence-electron chi connectivity index (χ0n) is 19.6. The number of alkyl halides is 3. The Balaban J connectivity index is 1.32. The molecule has 10 heteroatoms. The van der Waals surface area contributed by atoms with Crippen molar-refractivity contribution in [1.29, 1.82) is 0 Å². The molecule has 3 aromatic rings. The second-order valence-corrected chi connectivity index (χ2v) is 8.43. The van der Waals surface area contributed by atoms with Gasteiger partial charge in [-0.15, -0.1) is 13.2 Å². The van der Waals surface area contributed by atoms with E-state index < -0.39 is 12.1 Å². The van der Waals surface area contributed by atoms with Gasteiger partial charge < -0.3 is 18.8 Å². The van der Waals surface area contributed by atoms with Crippen molar-refractivity contribution in [3.63, 3.8) is 0 Å². The van der Waals surface area contributed by atoms with Crippen LogP contribution in [-0.2, 0) is 4.79 Å². The molecule has 0 atom stereocenters. The molecule has 4 rings (SSSR count). The lowest BCUT2D eigenvalue weighted by Crippen LogP contribution is -2.38. The number of amides is 1. The van der Waals surface area contributed by atoms with E-state index in [1.54, 1.807) is 29.2 Å². The van der Waals surface area contributed by atoms with Crippen molar-refractivity contribution in [3.05, 3.63) is 66.2 Å². The third-order valence-electron chi connectivity index (χ3n) is 6.07. The number of ether oxygens (including phenoxy) is 2. The quantitative estimate of drug-likeness (QED) is 0.372. The van der Waals surface area contributed by atoms with Crippen molar-refractivity contribution in [2.75, 3.05) is 20.2 Å². The molecule has 2 aromatic carbocycles. The number of piperidine rings is 1. The highest BCUT2D eigenvalue weighted by atomic mass is 19.4. The van der Waals surface area contributed by atoms with Gasteiger partial charge >= 0.3 is 6.36 Å². The molecular formula is C26H25F3N2O5. The van der Waals surface area contributed by atoms with Gasteiger partial charge in [0.05, 0.1) is 7.11 Å². The maximum atomic E-state index is 12.6. The molecule has 2 heterocycles. The average molecular weight is 502 g/mol. The van der Waals surface area contributed by atoms with Gasteiger partial charge in [0.1, 0.15) is 12.0 Å². The van der Waals surface area contributed by atoms with Crippen molar-refractivity contribution < 1.29 is 36.7 Å². The fourth-order valence-corrected chi connectivity index (χ4v) is 4.17. The molecule has 1 aromatic heterocycles. The number of hydrogen-bond donors (Lipinski definition) is 0. The Kier molecular flexibility index (Phi) is 7.61. The summed E-state index contributed by atoms with van der Waals surface area (Å²) < 4.78 is 52.4. The molecule has 0 unspecified atom stereocenters. The molecule has 1 amide bonds. The van der Waals surface area contributed by atoms with Crippen molar-refractivity contribution in [2.45, 2.75) is 38.0 Å². The molecular weight excluding hydrogens is 477 g/mol. The van der Waals surface area contributed by atoms with Crippen LogP contribution < -0.4 is 9.47 Å². The number of ketones is 1. The number of Topliss-reactive ketones (excluding diaryl/α,β-unsaturated/α-hetero) is 1. The van der Waals surface area contributed by atoms with Crippen molar-refractivity contribution in [1.82, 2.24) is 9.88 Å². The Morgan fingerprint density at radius 3 is 2.44 bits per heavy atom. The fourth-order valence-electron chi connectivity index (χ4n) is 4.17. The zero-order chi connectivity index (χ0) is 25.7. The van der Waals surface area contributed by atoms with Gasteiger partial charge in [0.2, 0.25) is 5.91 Å². The van der Waals surface area contributed by atoms with E-state index >= 15 is 0 Å². The maximum absolute atomic E-state index is 12.6. The van der Waals surface area contributed by atoms with E-state index in [2.05, 4.69) is 9.72 Å². The molecule has 1 aliphatic rings. The number of oxazole rings is 1. The summed E-state index contributed by atoms with van der Waals surface area (Å²) in [6.07, 6.45) is -1.75. The molecule has 0 saturated carbocycles. The highest BCUT2D eigenvalue weighted by Gasteiger charge is 2.33. The highest BCUT2D eigenvalue weighted by Crippen LogP contribution is 2.36. The Morgan fingerprint density at radius 1 is 1.06 bits per heavy atom. The second kappa shape index (κ2) is 10.8. The molecule has 7 nitrogen and oxygen atoms in total. The van der Waals surface area contributed by atoms with Crippen LogP contribution in [0.1, 0.15) is 47.8 Å². The summed E-state index contributed by atoms with van der Waals surface area (Å²) in [4.78, 5) is 31.1.